The van der Waals surface area contributed by atoms with E-state index in [1.54, 1.807) is 13.0 Å². The average molecular weight is 327 g/mol. The molecule has 1 fully saturated rings. The minimum Gasteiger partial charge on any atom is -0.465 e. The third-order valence-electron chi connectivity index (χ3n) is 3.90. The van der Waals surface area contributed by atoms with Gasteiger partial charge in [0, 0.05) is 6.04 Å². The molecule has 1 aromatic rings. The van der Waals surface area contributed by atoms with Gasteiger partial charge in [0.2, 0.25) is 0 Å². The van der Waals surface area contributed by atoms with Crippen LogP contribution in [-0.2, 0) is 26.1 Å². The molecule has 0 radical (unpaired) electrons. The monoisotopic (exact) mass is 327 g/mol. The van der Waals surface area contributed by atoms with Crippen LogP contribution in [0.5, 0.6) is 0 Å². The number of esters is 1. The maximum atomic E-state index is 11.7. The van der Waals surface area contributed by atoms with Crippen LogP contribution < -0.4 is 5.32 Å². The zero-order valence-corrected chi connectivity index (χ0v) is 13.5. The molecule has 1 aliphatic rings. The molecule has 2 rings (SSSR count). The largest absolute Gasteiger partial charge is 0.465 e. The van der Waals surface area contributed by atoms with Crippen LogP contribution in [0.4, 0.5) is 0 Å². The number of aryl methyl sites for hydroxylation is 1. The van der Waals surface area contributed by atoms with Gasteiger partial charge in [0.25, 0.3) is 10.1 Å². The smallest absolute Gasteiger partial charge is 0.323 e. The van der Waals surface area contributed by atoms with Crippen molar-refractivity contribution in [3.05, 3.63) is 29.3 Å². The van der Waals surface area contributed by atoms with Crippen molar-refractivity contribution in [3.63, 3.8) is 0 Å². The van der Waals surface area contributed by atoms with E-state index >= 15 is 0 Å². The first-order valence-corrected chi connectivity index (χ1v) is 8.75. The fourth-order valence-corrected chi connectivity index (χ4v) is 3.23. The van der Waals surface area contributed by atoms with E-state index in [-0.39, 0.29) is 22.9 Å². The second kappa shape index (κ2) is 6.76. The van der Waals surface area contributed by atoms with Crippen molar-refractivity contribution >= 4 is 16.1 Å². The van der Waals surface area contributed by atoms with Gasteiger partial charge >= 0.3 is 5.97 Å². The summed E-state index contributed by atoms with van der Waals surface area (Å²) in [5.41, 5.74) is 1.80. The van der Waals surface area contributed by atoms with E-state index in [1.807, 2.05) is 6.92 Å². The van der Waals surface area contributed by atoms with E-state index in [0.717, 1.165) is 17.5 Å². The molecule has 0 saturated carbocycles. The Balaban J connectivity index is 2.07. The molecule has 1 saturated heterocycles. The molecule has 6 nitrogen and oxygen atoms in total. The summed E-state index contributed by atoms with van der Waals surface area (Å²) in [5, 5.41) is 3.22. The number of nitrogens with one attached hydrogen (secondary N) is 1. The van der Waals surface area contributed by atoms with E-state index in [4.69, 9.17) is 9.29 Å². The van der Waals surface area contributed by atoms with Crippen LogP contribution in [0.1, 0.15) is 30.9 Å². The van der Waals surface area contributed by atoms with E-state index in [1.165, 1.54) is 12.1 Å². The topological polar surface area (TPSA) is 92.7 Å². The Labute approximate surface area is 130 Å². The van der Waals surface area contributed by atoms with Crippen LogP contribution in [0.25, 0.3) is 0 Å². The molecule has 2 atom stereocenters. The third kappa shape index (κ3) is 4.06. The maximum absolute atomic E-state index is 11.7. The lowest BCUT2D eigenvalue weighted by Crippen LogP contribution is -2.37. The lowest BCUT2D eigenvalue weighted by molar-refractivity contribution is -0.145. The first-order valence-electron chi connectivity index (χ1n) is 7.31. The van der Waals surface area contributed by atoms with Crippen molar-refractivity contribution < 1.29 is 22.5 Å². The van der Waals surface area contributed by atoms with Gasteiger partial charge in [0.1, 0.15) is 6.04 Å². The maximum Gasteiger partial charge on any atom is 0.323 e. The summed E-state index contributed by atoms with van der Waals surface area (Å²) < 4.78 is 36.6. The molecule has 1 aliphatic heterocycles. The molecule has 22 heavy (non-hydrogen) atoms. The summed E-state index contributed by atoms with van der Waals surface area (Å²) >= 11 is 0. The first kappa shape index (κ1) is 16.9. The van der Waals surface area contributed by atoms with Gasteiger partial charge in [-0.1, -0.05) is 6.07 Å². The Hall–Kier alpha value is -1.44. The Morgan fingerprint density at radius 1 is 1.41 bits per heavy atom. The van der Waals surface area contributed by atoms with Gasteiger partial charge in [-0.25, -0.2) is 0 Å². The van der Waals surface area contributed by atoms with Gasteiger partial charge in [-0.05, 0) is 56.4 Å². The van der Waals surface area contributed by atoms with E-state index in [0.29, 0.717) is 19.4 Å². The lowest BCUT2D eigenvalue weighted by atomic mass is 10.0. The molecule has 0 amide bonds. The summed E-state index contributed by atoms with van der Waals surface area (Å²) in [6, 6.07) is 4.34. The Kier molecular flexibility index (Phi) is 5.20. The summed E-state index contributed by atoms with van der Waals surface area (Å²) in [4.78, 5) is 11.6. The van der Waals surface area contributed by atoms with Crippen molar-refractivity contribution in [2.75, 3.05) is 6.61 Å². The molecule has 1 aromatic carbocycles. The van der Waals surface area contributed by atoms with Gasteiger partial charge in [-0.15, -0.1) is 0 Å². The van der Waals surface area contributed by atoms with Crippen molar-refractivity contribution in [1.82, 2.24) is 5.32 Å². The fraction of sp³-hybridized carbons (Fsp3) is 0.533. The highest BCUT2D eigenvalue weighted by Crippen LogP contribution is 2.22. The predicted octanol–water partition coefficient (Wildman–Crippen LogP) is 1.47. The van der Waals surface area contributed by atoms with Gasteiger partial charge in [0.15, 0.2) is 0 Å². The number of carbonyl (C=O) groups excluding carboxylic acids is 1. The highest BCUT2D eigenvalue weighted by molar-refractivity contribution is 7.85. The van der Waals surface area contributed by atoms with Crippen LogP contribution >= 0.6 is 0 Å². The molecular formula is C15H21NO5S. The molecule has 0 unspecified atom stereocenters. The van der Waals surface area contributed by atoms with Crippen LogP contribution in [0, 0.1) is 6.92 Å². The number of hydrogen-bond donors (Lipinski definition) is 2. The van der Waals surface area contributed by atoms with Gasteiger partial charge in [0.05, 0.1) is 11.5 Å². The second-order valence-electron chi connectivity index (χ2n) is 5.51. The number of ether oxygens (including phenoxy) is 1. The minimum absolute atomic E-state index is 0.0877. The SMILES string of the molecule is CCOC(=O)[C@@H]1CC[C@H](Cc2cc(S(=O)(=O)O)ccc2C)N1. The summed E-state index contributed by atoms with van der Waals surface area (Å²) in [5.74, 6) is -0.242. The van der Waals surface area contributed by atoms with Crippen molar-refractivity contribution in [2.24, 2.45) is 0 Å². The third-order valence-corrected chi connectivity index (χ3v) is 4.75. The van der Waals surface area contributed by atoms with E-state index in [9.17, 15) is 13.2 Å². The Morgan fingerprint density at radius 2 is 2.14 bits per heavy atom. The van der Waals surface area contributed by atoms with Gasteiger partial charge < -0.3 is 10.1 Å². The van der Waals surface area contributed by atoms with Crippen LogP contribution in [0.15, 0.2) is 23.1 Å². The molecule has 2 N–H and O–H groups in total. The zero-order valence-electron chi connectivity index (χ0n) is 12.7. The molecule has 0 spiro atoms. The number of rotatable bonds is 5. The van der Waals surface area contributed by atoms with Crippen molar-refractivity contribution in [1.29, 1.82) is 0 Å². The first-order chi connectivity index (χ1) is 10.3. The predicted molar refractivity (Wildman–Crippen MR) is 81.3 cm³/mol. The highest BCUT2D eigenvalue weighted by atomic mass is 32.2. The fourth-order valence-electron chi connectivity index (χ4n) is 2.70. The van der Waals surface area contributed by atoms with Crippen molar-refractivity contribution in [3.8, 4) is 0 Å². The summed E-state index contributed by atoms with van der Waals surface area (Å²) in [6.45, 7) is 4.02. The number of benzene rings is 1. The number of carbonyl (C=O) groups is 1. The van der Waals surface area contributed by atoms with Crippen LogP contribution in [0.2, 0.25) is 0 Å². The summed E-state index contributed by atoms with van der Waals surface area (Å²) in [6.07, 6.45) is 2.13. The lowest BCUT2D eigenvalue weighted by Gasteiger charge is -2.15. The standard InChI is InChI=1S/C15H21NO5S/c1-3-21-15(17)14-7-5-12(16-14)8-11-9-13(22(18,19)20)6-4-10(11)2/h4,6,9,12,14,16H,3,5,7-8H2,1-2H3,(H,18,19,20)/t12-,14+/m1/s1. The Bertz CT molecular complexity index is 656. The van der Waals surface area contributed by atoms with E-state index in [2.05, 4.69) is 5.32 Å². The van der Waals surface area contributed by atoms with E-state index < -0.39 is 10.1 Å². The molecular weight excluding hydrogens is 306 g/mol. The average Bonchev–Trinajstić information content (AvgIpc) is 2.89. The quantitative estimate of drug-likeness (QED) is 0.628. The summed E-state index contributed by atoms with van der Waals surface area (Å²) in [7, 11) is -4.20. The molecule has 1 heterocycles. The second-order valence-corrected chi connectivity index (χ2v) is 6.93. The van der Waals surface area contributed by atoms with Crippen LogP contribution in [-0.4, -0.2) is 37.6 Å². The number of hydrogen-bond acceptors (Lipinski definition) is 5. The molecule has 0 bridgehead atoms. The molecule has 7 heteroatoms. The molecule has 0 aliphatic carbocycles. The molecule has 122 valence electrons. The Morgan fingerprint density at radius 3 is 2.77 bits per heavy atom. The van der Waals surface area contributed by atoms with Crippen molar-refractivity contribution in [2.45, 2.75) is 50.1 Å². The highest BCUT2D eigenvalue weighted by Gasteiger charge is 2.30. The van der Waals surface area contributed by atoms with Gasteiger partial charge in [-0.3, -0.25) is 9.35 Å². The normalized spacial score (nSPS) is 21.8. The zero-order chi connectivity index (χ0) is 16.3. The van der Waals surface area contributed by atoms with Crippen LogP contribution in [0.3, 0.4) is 0 Å². The molecule has 0 aromatic heterocycles. The minimum atomic E-state index is -4.20. The van der Waals surface area contributed by atoms with Gasteiger partial charge in [-0.2, -0.15) is 8.42 Å².